The third kappa shape index (κ3) is 3.86. The van der Waals surface area contributed by atoms with Crippen LogP contribution in [-0.4, -0.2) is 22.8 Å². The van der Waals surface area contributed by atoms with Crippen LogP contribution in [0.25, 0.3) is 0 Å². The molecule has 0 aliphatic rings. The average Bonchev–Trinajstić information content (AvgIpc) is 2.29. The molecule has 0 atom stereocenters. The fourth-order valence-electron chi connectivity index (χ4n) is 1.22. The first-order valence-corrected chi connectivity index (χ1v) is 5.23. The van der Waals surface area contributed by atoms with Crippen molar-refractivity contribution in [2.24, 2.45) is 0 Å². The summed E-state index contributed by atoms with van der Waals surface area (Å²) in [4.78, 5) is 33.0. The minimum absolute atomic E-state index is 0.0483. The van der Waals surface area contributed by atoms with E-state index >= 15 is 0 Å². The van der Waals surface area contributed by atoms with Crippen LogP contribution in [0.3, 0.4) is 0 Å². The molecule has 0 spiro atoms. The largest absolute Gasteiger partial charge is 0.478 e. The molecule has 0 saturated heterocycles. The Bertz CT molecular complexity index is 514. The molecular weight excluding hydrogens is 234 g/mol. The zero-order valence-electron chi connectivity index (χ0n) is 10.1. The number of rotatable bonds is 4. The van der Waals surface area contributed by atoms with Gasteiger partial charge in [0.1, 0.15) is 0 Å². The lowest BCUT2D eigenvalue weighted by atomic mass is 10.1. The molecule has 1 rings (SSSR count). The van der Waals surface area contributed by atoms with Gasteiger partial charge < -0.3 is 10.4 Å². The molecule has 0 aromatic heterocycles. The SMILES string of the molecule is CC(=O)c1ccc(NC(=O)/C=C(\C)C(=O)O)cc1. The maximum atomic E-state index is 11.4. The standard InChI is InChI=1S/C13H13NO4/c1-8(13(17)18)7-12(16)14-11-5-3-10(4-6-11)9(2)15/h3-7H,1-2H3,(H,14,16)(H,17,18)/b8-7+. The van der Waals surface area contributed by atoms with Crippen LogP contribution in [0.5, 0.6) is 0 Å². The van der Waals surface area contributed by atoms with E-state index in [1.54, 1.807) is 24.3 Å². The molecule has 94 valence electrons. The van der Waals surface area contributed by atoms with Gasteiger partial charge in [-0.05, 0) is 38.1 Å². The van der Waals surface area contributed by atoms with Crippen LogP contribution in [0, 0.1) is 0 Å². The van der Waals surface area contributed by atoms with Gasteiger partial charge in [-0.2, -0.15) is 0 Å². The molecule has 2 N–H and O–H groups in total. The highest BCUT2D eigenvalue weighted by molar-refractivity contribution is 6.04. The van der Waals surface area contributed by atoms with Crippen LogP contribution < -0.4 is 5.32 Å². The fraction of sp³-hybridized carbons (Fsp3) is 0.154. The number of anilines is 1. The Morgan fingerprint density at radius 1 is 1.11 bits per heavy atom. The van der Waals surface area contributed by atoms with E-state index in [0.29, 0.717) is 11.3 Å². The summed E-state index contributed by atoms with van der Waals surface area (Å²) in [5, 5.41) is 11.1. The van der Waals surface area contributed by atoms with Crippen molar-refractivity contribution in [3.05, 3.63) is 41.5 Å². The molecule has 5 heteroatoms. The molecule has 5 nitrogen and oxygen atoms in total. The topological polar surface area (TPSA) is 83.5 Å². The van der Waals surface area contributed by atoms with E-state index < -0.39 is 11.9 Å². The van der Waals surface area contributed by atoms with Crippen molar-refractivity contribution >= 4 is 23.3 Å². The van der Waals surface area contributed by atoms with E-state index in [0.717, 1.165) is 6.08 Å². The number of Topliss-reactive ketones (excluding diaryl/α,β-unsaturated/α-hetero) is 1. The van der Waals surface area contributed by atoms with Gasteiger partial charge in [-0.3, -0.25) is 9.59 Å². The fourth-order valence-corrected chi connectivity index (χ4v) is 1.22. The summed E-state index contributed by atoms with van der Waals surface area (Å²) in [7, 11) is 0. The number of nitrogens with one attached hydrogen (secondary N) is 1. The van der Waals surface area contributed by atoms with Crippen LogP contribution in [0.4, 0.5) is 5.69 Å². The summed E-state index contributed by atoms with van der Waals surface area (Å²) in [5.74, 6) is -1.72. The minimum atomic E-state index is -1.14. The predicted molar refractivity (Wildman–Crippen MR) is 66.5 cm³/mol. The average molecular weight is 247 g/mol. The number of benzene rings is 1. The summed E-state index contributed by atoms with van der Waals surface area (Å²) in [5.41, 5.74) is 0.998. The monoisotopic (exact) mass is 247 g/mol. The van der Waals surface area contributed by atoms with E-state index in [1.165, 1.54) is 13.8 Å². The summed E-state index contributed by atoms with van der Waals surface area (Å²) in [6.45, 7) is 2.79. The molecule has 0 heterocycles. The second-order valence-corrected chi connectivity index (χ2v) is 3.76. The molecule has 0 aliphatic carbocycles. The molecule has 0 saturated carbocycles. The third-order valence-corrected chi connectivity index (χ3v) is 2.24. The van der Waals surface area contributed by atoms with Crippen molar-refractivity contribution in [1.29, 1.82) is 0 Å². The molecule has 18 heavy (non-hydrogen) atoms. The van der Waals surface area contributed by atoms with E-state index in [9.17, 15) is 14.4 Å². The van der Waals surface area contributed by atoms with Gasteiger partial charge in [0.05, 0.1) is 0 Å². The van der Waals surface area contributed by atoms with E-state index in [-0.39, 0.29) is 11.4 Å². The van der Waals surface area contributed by atoms with Gasteiger partial charge in [0.15, 0.2) is 5.78 Å². The van der Waals surface area contributed by atoms with Gasteiger partial charge in [-0.15, -0.1) is 0 Å². The molecule has 1 amide bonds. The number of aliphatic carboxylic acids is 1. The number of ketones is 1. The van der Waals surface area contributed by atoms with Crippen molar-refractivity contribution in [2.45, 2.75) is 13.8 Å². The van der Waals surface area contributed by atoms with Crippen LogP contribution in [-0.2, 0) is 9.59 Å². The van der Waals surface area contributed by atoms with Crippen LogP contribution in [0.15, 0.2) is 35.9 Å². The number of carbonyl (C=O) groups excluding carboxylic acids is 2. The lowest BCUT2D eigenvalue weighted by molar-refractivity contribution is -0.132. The van der Waals surface area contributed by atoms with Gasteiger partial charge in [0.2, 0.25) is 5.91 Å². The molecule has 1 aromatic rings. The Morgan fingerprint density at radius 2 is 1.67 bits per heavy atom. The van der Waals surface area contributed by atoms with Gasteiger partial charge in [-0.25, -0.2) is 4.79 Å². The molecule has 0 bridgehead atoms. The molecule has 1 aromatic carbocycles. The minimum Gasteiger partial charge on any atom is -0.478 e. The number of carboxylic acids is 1. The Balaban J connectivity index is 2.74. The Labute approximate surface area is 104 Å². The maximum absolute atomic E-state index is 11.4. The summed E-state index contributed by atoms with van der Waals surface area (Å²) >= 11 is 0. The van der Waals surface area contributed by atoms with Gasteiger partial charge in [0.25, 0.3) is 0 Å². The normalized spacial score (nSPS) is 10.9. The summed E-state index contributed by atoms with van der Waals surface area (Å²) < 4.78 is 0. The quantitative estimate of drug-likeness (QED) is 0.628. The van der Waals surface area contributed by atoms with Crippen LogP contribution >= 0.6 is 0 Å². The summed E-state index contributed by atoms with van der Waals surface area (Å²) in [6.07, 6.45) is 1.00. The summed E-state index contributed by atoms with van der Waals surface area (Å²) in [6, 6.07) is 6.34. The van der Waals surface area contributed by atoms with E-state index in [2.05, 4.69) is 5.32 Å². The molecule has 0 radical (unpaired) electrons. The predicted octanol–water partition coefficient (Wildman–Crippen LogP) is 1.86. The first kappa shape index (κ1) is 13.6. The zero-order valence-corrected chi connectivity index (χ0v) is 10.1. The first-order valence-electron chi connectivity index (χ1n) is 5.23. The van der Waals surface area contributed by atoms with E-state index in [4.69, 9.17) is 5.11 Å². The molecule has 0 fully saturated rings. The number of carboxylic acid groups (broad SMARTS) is 1. The number of hydrogen-bond acceptors (Lipinski definition) is 3. The maximum Gasteiger partial charge on any atom is 0.331 e. The Hall–Kier alpha value is -2.43. The second-order valence-electron chi connectivity index (χ2n) is 3.76. The smallest absolute Gasteiger partial charge is 0.331 e. The molecule has 0 unspecified atom stereocenters. The highest BCUT2D eigenvalue weighted by Crippen LogP contribution is 2.10. The van der Waals surface area contributed by atoms with E-state index in [1.807, 2.05) is 0 Å². The molecular formula is C13H13NO4. The van der Waals surface area contributed by atoms with Crippen molar-refractivity contribution in [3.8, 4) is 0 Å². The van der Waals surface area contributed by atoms with Crippen molar-refractivity contribution in [2.75, 3.05) is 5.32 Å². The second kappa shape index (κ2) is 5.77. The van der Waals surface area contributed by atoms with Crippen LogP contribution in [0.2, 0.25) is 0 Å². The third-order valence-electron chi connectivity index (χ3n) is 2.24. The lowest BCUT2D eigenvalue weighted by Gasteiger charge is -2.03. The zero-order chi connectivity index (χ0) is 13.7. The lowest BCUT2D eigenvalue weighted by Crippen LogP contribution is -2.10. The van der Waals surface area contributed by atoms with Crippen molar-refractivity contribution < 1.29 is 19.5 Å². The van der Waals surface area contributed by atoms with Gasteiger partial charge in [0, 0.05) is 22.9 Å². The van der Waals surface area contributed by atoms with Gasteiger partial charge in [-0.1, -0.05) is 0 Å². The van der Waals surface area contributed by atoms with Crippen LogP contribution in [0.1, 0.15) is 24.2 Å². The highest BCUT2D eigenvalue weighted by Gasteiger charge is 2.05. The number of amides is 1. The Morgan fingerprint density at radius 3 is 2.11 bits per heavy atom. The highest BCUT2D eigenvalue weighted by atomic mass is 16.4. The van der Waals surface area contributed by atoms with Crippen molar-refractivity contribution in [3.63, 3.8) is 0 Å². The Kier molecular flexibility index (Phi) is 4.37. The van der Waals surface area contributed by atoms with Crippen molar-refractivity contribution in [1.82, 2.24) is 0 Å². The van der Waals surface area contributed by atoms with Gasteiger partial charge >= 0.3 is 5.97 Å². The first-order chi connectivity index (χ1) is 8.40. The molecule has 0 aliphatic heterocycles. The number of carbonyl (C=O) groups is 3. The number of hydrogen-bond donors (Lipinski definition) is 2.